The molecule has 0 atom stereocenters. The van der Waals surface area contributed by atoms with Gasteiger partial charge in [0, 0.05) is 18.2 Å². The Balaban J connectivity index is 1.86. The molecule has 0 aromatic heterocycles. The quantitative estimate of drug-likeness (QED) is 0.541. The highest BCUT2D eigenvalue weighted by molar-refractivity contribution is 6.00. The molecule has 166 valence electrons. The van der Waals surface area contributed by atoms with Crippen molar-refractivity contribution in [1.29, 1.82) is 0 Å². The van der Waals surface area contributed by atoms with E-state index in [0.29, 0.717) is 17.0 Å². The van der Waals surface area contributed by atoms with Crippen LogP contribution in [-0.4, -0.2) is 23.8 Å². The van der Waals surface area contributed by atoms with E-state index in [9.17, 15) is 18.0 Å². The molecule has 0 spiro atoms. The predicted molar refractivity (Wildman–Crippen MR) is 111 cm³/mol. The Kier molecular flexibility index (Phi) is 6.23. The van der Waals surface area contributed by atoms with Crippen molar-refractivity contribution < 1.29 is 22.8 Å². The highest BCUT2D eigenvalue weighted by Gasteiger charge is 2.33. The molecule has 7 nitrogen and oxygen atoms in total. The van der Waals surface area contributed by atoms with Gasteiger partial charge >= 0.3 is 12.2 Å². The number of carbonyl (C=O) groups is 1. The predicted octanol–water partition coefficient (Wildman–Crippen LogP) is 4.37. The highest BCUT2D eigenvalue weighted by atomic mass is 19.4. The summed E-state index contributed by atoms with van der Waals surface area (Å²) < 4.78 is 39.5. The number of anilines is 1. The maximum absolute atomic E-state index is 13.2. The van der Waals surface area contributed by atoms with Crippen LogP contribution in [0.2, 0.25) is 0 Å². The van der Waals surface area contributed by atoms with E-state index >= 15 is 0 Å². The van der Waals surface area contributed by atoms with Gasteiger partial charge < -0.3 is 4.84 Å². The molecule has 0 aliphatic carbocycles. The summed E-state index contributed by atoms with van der Waals surface area (Å²) in [5.41, 5.74) is 8.73. The largest absolute Gasteiger partial charge is 0.416 e. The average molecular weight is 435 g/mol. The van der Waals surface area contributed by atoms with E-state index < -0.39 is 11.7 Å². The third-order valence-corrected chi connectivity index (χ3v) is 5.08. The second-order valence-corrected chi connectivity index (χ2v) is 7.41. The van der Waals surface area contributed by atoms with Crippen LogP contribution in [0.5, 0.6) is 0 Å². The number of aryl methyl sites for hydroxylation is 2. The van der Waals surface area contributed by atoms with E-state index in [2.05, 4.69) is 16.2 Å². The van der Waals surface area contributed by atoms with Crippen LogP contribution >= 0.6 is 0 Å². The van der Waals surface area contributed by atoms with Crippen molar-refractivity contribution >= 4 is 17.4 Å². The van der Waals surface area contributed by atoms with Crippen LogP contribution in [-0.2, 0) is 17.6 Å². The summed E-state index contributed by atoms with van der Waals surface area (Å²) >= 11 is 0. The number of hydrogen-bond donors (Lipinski definition) is 2. The van der Waals surface area contributed by atoms with Gasteiger partial charge in [0.25, 0.3) is 0 Å². The van der Waals surface area contributed by atoms with E-state index in [1.54, 1.807) is 20.0 Å². The van der Waals surface area contributed by atoms with E-state index in [-0.39, 0.29) is 18.2 Å². The van der Waals surface area contributed by atoms with Crippen LogP contribution < -0.4 is 16.1 Å². The molecule has 1 aliphatic heterocycles. The first kappa shape index (κ1) is 22.6. The molecule has 0 unspecified atom stereocenters. The van der Waals surface area contributed by atoms with Gasteiger partial charge in [-0.1, -0.05) is 23.4 Å². The van der Waals surface area contributed by atoms with Gasteiger partial charge in [0.1, 0.15) is 6.61 Å². The number of hydrazine groups is 3. The summed E-state index contributed by atoms with van der Waals surface area (Å²) in [5, 5.41) is 6.68. The molecule has 1 aliphatic rings. The zero-order chi connectivity index (χ0) is 22.9. The Hall–Kier alpha value is -3.11. The van der Waals surface area contributed by atoms with Crippen LogP contribution in [0.15, 0.2) is 35.5 Å². The lowest BCUT2D eigenvalue weighted by atomic mass is 9.99. The minimum atomic E-state index is -4.44. The fourth-order valence-corrected chi connectivity index (χ4v) is 3.47. The third-order valence-electron chi connectivity index (χ3n) is 5.08. The Labute approximate surface area is 178 Å². The van der Waals surface area contributed by atoms with Gasteiger partial charge in [0.2, 0.25) is 0 Å². The van der Waals surface area contributed by atoms with Crippen LogP contribution in [0.3, 0.4) is 0 Å². The molecule has 2 aromatic rings. The third kappa shape index (κ3) is 4.64. The number of carbonyl (C=O) groups excluding carboxylic acids is 1. The van der Waals surface area contributed by atoms with Crippen molar-refractivity contribution in [2.75, 3.05) is 12.1 Å². The van der Waals surface area contributed by atoms with Crippen molar-refractivity contribution in [1.82, 2.24) is 16.1 Å². The molecular weight excluding hydrogens is 411 g/mol. The monoisotopic (exact) mass is 435 g/mol. The van der Waals surface area contributed by atoms with Crippen molar-refractivity contribution in [3.05, 3.63) is 63.7 Å². The molecule has 1 saturated heterocycles. The summed E-state index contributed by atoms with van der Waals surface area (Å²) in [7, 11) is 1.58. The number of nitrogens with zero attached hydrogens (tertiary/aromatic N) is 3. The van der Waals surface area contributed by atoms with E-state index in [4.69, 9.17) is 4.84 Å². The van der Waals surface area contributed by atoms with Crippen LogP contribution in [0.25, 0.3) is 0 Å². The van der Waals surface area contributed by atoms with Crippen LogP contribution in [0.4, 0.5) is 23.7 Å². The SMILES string of the molecule is CC(=NOCc1c(C)cc(C)cc1N1NNN(C)C1=O)c1cccc(C(F)(F)F)c1C. The highest BCUT2D eigenvalue weighted by Crippen LogP contribution is 2.33. The van der Waals surface area contributed by atoms with E-state index in [0.717, 1.165) is 22.8 Å². The van der Waals surface area contributed by atoms with Gasteiger partial charge in [-0.2, -0.15) is 13.2 Å². The van der Waals surface area contributed by atoms with Gasteiger partial charge in [-0.3, -0.25) is 0 Å². The first-order valence-corrected chi connectivity index (χ1v) is 9.53. The molecule has 0 bridgehead atoms. The van der Waals surface area contributed by atoms with Gasteiger partial charge in [-0.05, 0) is 56.5 Å². The smallest absolute Gasteiger partial charge is 0.391 e. The number of hydrogen-bond acceptors (Lipinski definition) is 5. The standard InChI is InChI=1S/C21H24F3N5O2/c1-12-9-13(2)17(19(10-12)29-20(30)28(5)26-27-29)11-31-25-15(4)16-7-6-8-18(14(16)3)21(22,23)24/h6-10,26-27H,11H2,1-5H3. The lowest BCUT2D eigenvalue weighted by Gasteiger charge is -2.20. The lowest BCUT2D eigenvalue weighted by Crippen LogP contribution is -2.38. The first-order chi connectivity index (χ1) is 14.5. The normalized spacial score (nSPS) is 15.1. The second kappa shape index (κ2) is 8.56. The minimum Gasteiger partial charge on any atom is -0.391 e. The molecule has 31 heavy (non-hydrogen) atoms. The Bertz CT molecular complexity index is 1040. The Morgan fingerprint density at radius 2 is 1.87 bits per heavy atom. The molecule has 1 heterocycles. The molecule has 2 amide bonds. The summed E-state index contributed by atoms with van der Waals surface area (Å²) in [6.07, 6.45) is -4.44. The number of alkyl halides is 3. The molecule has 1 fully saturated rings. The number of oxime groups is 1. The fourth-order valence-electron chi connectivity index (χ4n) is 3.47. The van der Waals surface area contributed by atoms with Gasteiger partial charge in [0.05, 0.1) is 17.0 Å². The lowest BCUT2D eigenvalue weighted by molar-refractivity contribution is -0.138. The maximum Gasteiger partial charge on any atom is 0.416 e. The van der Waals surface area contributed by atoms with Crippen LogP contribution in [0.1, 0.15) is 40.3 Å². The summed E-state index contributed by atoms with van der Waals surface area (Å²) in [6.45, 7) is 6.84. The van der Waals surface area contributed by atoms with Crippen molar-refractivity contribution in [2.45, 2.75) is 40.5 Å². The average Bonchev–Trinajstić information content (AvgIpc) is 3.01. The zero-order valence-corrected chi connectivity index (χ0v) is 17.9. The molecular formula is C21H24F3N5O2. The number of amides is 2. The number of rotatable bonds is 5. The number of urea groups is 1. The van der Waals surface area contributed by atoms with Gasteiger partial charge in [-0.15, -0.1) is 11.1 Å². The molecule has 3 rings (SSSR count). The minimum absolute atomic E-state index is 0.0337. The summed E-state index contributed by atoms with van der Waals surface area (Å²) in [5.74, 6) is 0. The van der Waals surface area contributed by atoms with E-state index in [1.165, 1.54) is 23.0 Å². The number of benzene rings is 2. The van der Waals surface area contributed by atoms with Crippen LogP contribution in [0, 0.1) is 20.8 Å². The zero-order valence-electron chi connectivity index (χ0n) is 17.9. The maximum atomic E-state index is 13.2. The first-order valence-electron chi connectivity index (χ1n) is 9.53. The van der Waals surface area contributed by atoms with Crippen molar-refractivity contribution in [3.63, 3.8) is 0 Å². The molecule has 0 saturated carbocycles. The Morgan fingerprint density at radius 3 is 2.48 bits per heavy atom. The summed E-state index contributed by atoms with van der Waals surface area (Å²) in [4.78, 5) is 17.9. The van der Waals surface area contributed by atoms with Gasteiger partial charge in [-0.25, -0.2) is 14.8 Å². The molecule has 0 radical (unpaired) electrons. The summed E-state index contributed by atoms with van der Waals surface area (Å²) in [6, 6.07) is 7.45. The molecule has 2 aromatic carbocycles. The topological polar surface area (TPSA) is 69.2 Å². The number of nitrogens with one attached hydrogen (secondary N) is 2. The van der Waals surface area contributed by atoms with Crippen molar-refractivity contribution in [3.8, 4) is 0 Å². The van der Waals surface area contributed by atoms with Gasteiger partial charge in [0.15, 0.2) is 0 Å². The Morgan fingerprint density at radius 1 is 1.16 bits per heavy atom. The molecule has 2 N–H and O–H groups in total. The molecule has 10 heteroatoms. The second-order valence-electron chi connectivity index (χ2n) is 7.41. The van der Waals surface area contributed by atoms with E-state index in [1.807, 2.05) is 26.0 Å². The fraction of sp³-hybridized carbons (Fsp3) is 0.333. The van der Waals surface area contributed by atoms with Crippen molar-refractivity contribution in [2.24, 2.45) is 5.16 Å². The number of halogens is 3.